The molecule has 0 atom stereocenters. The Kier molecular flexibility index (Phi) is 6.02. The molecule has 0 saturated carbocycles. The van der Waals surface area contributed by atoms with E-state index < -0.39 is 17.5 Å². The molecule has 3 rings (SSSR count). The number of halogens is 1. The molecule has 0 bridgehead atoms. The van der Waals surface area contributed by atoms with Crippen molar-refractivity contribution in [3.63, 3.8) is 0 Å². The Hall–Kier alpha value is -3.24. The van der Waals surface area contributed by atoms with Gasteiger partial charge in [0.25, 0.3) is 5.91 Å². The molecule has 4 nitrogen and oxygen atoms in total. The number of carbonyl (C=O) groups is 3. The van der Waals surface area contributed by atoms with Gasteiger partial charge in [-0.15, -0.1) is 0 Å². The topological polar surface area (TPSA) is 63.2 Å². The Morgan fingerprint density at radius 3 is 2.04 bits per heavy atom. The molecule has 3 aromatic carbocycles. The quantitative estimate of drug-likeness (QED) is 0.462. The lowest BCUT2D eigenvalue weighted by Crippen LogP contribution is -2.19. The summed E-state index contributed by atoms with van der Waals surface area (Å²) in [5.41, 5.74) is 2.23. The number of benzene rings is 3. The molecule has 3 aromatic rings. The summed E-state index contributed by atoms with van der Waals surface area (Å²) >= 11 is 5.84. The Labute approximate surface area is 168 Å². The molecule has 140 valence electrons. The van der Waals surface area contributed by atoms with Crippen LogP contribution in [0.3, 0.4) is 0 Å². The number of Topliss-reactive ketones (excluding diaryl/α,β-unsaturated/α-hetero) is 2. The highest BCUT2D eigenvalue weighted by atomic mass is 35.5. The monoisotopic (exact) mass is 391 g/mol. The van der Waals surface area contributed by atoms with Gasteiger partial charge in [0.15, 0.2) is 0 Å². The van der Waals surface area contributed by atoms with Crippen molar-refractivity contribution in [1.29, 1.82) is 0 Å². The fourth-order valence-corrected chi connectivity index (χ4v) is 2.86. The Morgan fingerprint density at radius 2 is 1.39 bits per heavy atom. The molecule has 1 amide bonds. The number of para-hydroxylation sites is 1. The van der Waals surface area contributed by atoms with E-state index in [0.29, 0.717) is 16.1 Å². The van der Waals surface area contributed by atoms with Crippen molar-refractivity contribution in [3.05, 3.63) is 100 Å². The SMILES string of the molecule is CCc1ccc(C(=O)C(=O)c2ccccc2NC(=O)c2ccc(Cl)cc2)cc1. The van der Waals surface area contributed by atoms with Gasteiger partial charge in [0.2, 0.25) is 11.6 Å². The average molecular weight is 392 g/mol. The molecule has 1 N–H and O–H groups in total. The van der Waals surface area contributed by atoms with Gasteiger partial charge < -0.3 is 5.32 Å². The first-order chi connectivity index (χ1) is 13.5. The van der Waals surface area contributed by atoms with Gasteiger partial charge in [0, 0.05) is 21.7 Å². The van der Waals surface area contributed by atoms with Crippen LogP contribution in [0.4, 0.5) is 5.69 Å². The van der Waals surface area contributed by atoms with E-state index in [2.05, 4.69) is 5.32 Å². The Morgan fingerprint density at radius 1 is 0.786 bits per heavy atom. The third-order valence-electron chi connectivity index (χ3n) is 4.36. The zero-order valence-corrected chi connectivity index (χ0v) is 16.0. The average Bonchev–Trinajstić information content (AvgIpc) is 2.73. The highest BCUT2D eigenvalue weighted by Crippen LogP contribution is 2.20. The molecule has 0 fully saturated rings. The lowest BCUT2D eigenvalue weighted by Gasteiger charge is -2.10. The van der Waals surface area contributed by atoms with E-state index in [1.165, 1.54) is 6.07 Å². The zero-order valence-electron chi connectivity index (χ0n) is 15.2. The largest absolute Gasteiger partial charge is 0.321 e. The van der Waals surface area contributed by atoms with Crippen LogP contribution < -0.4 is 5.32 Å². The van der Waals surface area contributed by atoms with Gasteiger partial charge >= 0.3 is 0 Å². The van der Waals surface area contributed by atoms with Gasteiger partial charge in [-0.05, 0) is 48.4 Å². The first-order valence-electron chi connectivity index (χ1n) is 8.83. The summed E-state index contributed by atoms with van der Waals surface area (Å²) < 4.78 is 0. The van der Waals surface area contributed by atoms with Crippen molar-refractivity contribution in [2.24, 2.45) is 0 Å². The molecule has 0 heterocycles. The third-order valence-corrected chi connectivity index (χ3v) is 4.61. The standard InChI is InChI=1S/C23H18ClNO3/c1-2-15-7-9-16(10-8-15)21(26)22(27)19-5-3-4-6-20(19)25-23(28)17-11-13-18(24)14-12-17/h3-14H,2H2,1H3,(H,25,28). The fraction of sp³-hybridized carbons (Fsp3) is 0.0870. The smallest absolute Gasteiger partial charge is 0.255 e. The Bertz CT molecular complexity index is 1020. The zero-order chi connectivity index (χ0) is 20.1. The normalized spacial score (nSPS) is 10.4. The van der Waals surface area contributed by atoms with E-state index in [1.54, 1.807) is 54.6 Å². The van der Waals surface area contributed by atoms with Crippen molar-refractivity contribution in [2.45, 2.75) is 13.3 Å². The van der Waals surface area contributed by atoms with E-state index in [1.807, 2.05) is 19.1 Å². The number of amides is 1. The van der Waals surface area contributed by atoms with Crippen LogP contribution in [-0.2, 0) is 6.42 Å². The number of ketones is 2. The van der Waals surface area contributed by atoms with E-state index >= 15 is 0 Å². The number of hydrogen-bond donors (Lipinski definition) is 1. The molecule has 0 aliphatic carbocycles. The molecule has 0 aliphatic rings. The number of aryl methyl sites for hydroxylation is 1. The van der Waals surface area contributed by atoms with Gasteiger partial charge in [-0.2, -0.15) is 0 Å². The second-order valence-corrected chi connectivity index (χ2v) is 6.65. The van der Waals surface area contributed by atoms with Crippen LogP contribution in [0.5, 0.6) is 0 Å². The summed E-state index contributed by atoms with van der Waals surface area (Å²) in [6, 6.07) is 19.8. The lowest BCUT2D eigenvalue weighted by atomic mass is 9.99. The summed E-state index contributed by atoms with van der Waals surface area (Å²) in [5, 5.41) is 3.22. The van der Waals surface area contributed by atoms with E-state index in [0.717, 1.165) is 12.0 Å². The molecule has 0 unspecified atom stereocenters. The van der Waals surface area contributed by atoms with Crippen LogP contribution >= 0.6 is 11.6 Å². The first kappa shape index (κ1) is 19.5. The third kappa shape index (κ3) is 4.35. The lowest BCUT2D eigenvalue weighted by molar-refractivity contribution is 0.0817. The second kappa shape index (κ2) is 8.63. The van der Waals surface area contributed by atoms with E-state index in [-0.39, 0.29) is 11.3 Å². The number of anilines is 1. The van der Waals surface area contributed by atoms with Gasteiger partial charge in [-0.1, -0.05) is 54.9 Å². The van der Waals surface area contributed by atoms with Crippen molar-refractivity contribution in [1.82, 2.24) is 0 Å². The van der Waals surface area contributed by atoms with E-state index in [4.69, 9.17) is 11.6 Å². The number of hydrogen-bond acceptors (Lipinski definition) is 3. The molecule has 0 spiro atoms. The minimum Gasteiger partial charge on any atom is -0.321 e. The van der Waals surface area contributed by atoms with Crippen LogP contribution in [0.2, 0.25) is 5.02 Å². The fourth-order valence-electron chi connectivity index (χ4n) is 2.73. The molecule has 0 aliphatic heterocycles. The molecule has 28 heavy (non-hydrogen) atoms. The van der Waals surface area contributed by atoms with Gasteiger partial charge in [-0.3, -0.25) is 14.4 Å². The van der Waals surface area contributed by atoms with Crippen LogP contribution in [0, 0.1) is 0 Å². The maximum atomic E-state index is 12.8. The predicted molar refractivity (Wildman–Crippen MR) is 110 cm³/mol. The van der Waals surface area contributed by atoms with E-state index in [9.17, 15) is 14.4 Å². The van der Waals surface area contributed by atoms with Gasteiger partial charge in [-0.25, -0.2) is 0 Å². The van der Waals surface area contributed by atoms with Gasteiger partial charge in [0.05, 0.1) is 5.69 Å². The van der Waals surface area contributed by atoms with Crippen molar-refractivity contribution < 1.29 is 14.4 Å². The summed E-state index contributed by atoms with van der Waals surface area (Å²) in [7, 11) is 0. The number of rotatable bonds is 6. The number of carbonyl (C=O) groups excluding carboxylic acids is 3. The Balaban J connectivity index is 1.84. The highest BCUT2D eigenvalue weighted by Gasteiger charge is 2.22. The van der Waals surface area contributed by atoms with Gasteiger partial charge in [0.1, 0.15) is 0 Å². The maximum Gasteiger partial charge on any atom is 0.255 e. The van der Waals surface area contributed by atoms with Crippen LogP contribution in [0.25, 0.3) is 0 Å². The summed E-state index contributed by atoms with van der Waals surface area (Å²) in [6.45, 7) is 2.02. The molecule has 5 heteroatoms. The van der Waals surface area contributed by atoms with Crippen LogP contribution in [-0.4, -0.2) is 17.5 Å². The number of nitrogens with one attached hydrogen (secondary N) is 1. The van der Waals surface area contributed by atoms with Crippen LogP contribution in [0.1, 0.15) is 43.6 Å². The van der Waals surface area contributed by atoms with Crippen molar-refractivity contribution in [2.75, 3.05) is 5.32 Å². The molecule has 0 saturated heterocycles. The van der Waals surface area contributed by atoms with Crippen LogP contribution in [0.15, 0.2) is 72.8 Å². The minimum atomic E-state index is -0.670. The minimum absolute atomic E-state index is 0.148. The van der Waals surface area contributed by atoms with Crippen molar-refractivity contribution >= 4 is 34.8 Å². The first-order valence-corrected chi connectivity index (χ1v) is 9.21. The molecule has 0 aromatic heterocycles. The predicted octanol–water partition coefficient (Wildman–Crippen LogP) is 5.22. The maximum absolute atomic E-state index is 12.8. The molecular weight excluding hydrogens is 374 g/mol. The summed E-state index contributed by atoms with van der Waals surface area (Å²) in [4.78, 5) is 37.8. The highest BCUT2D eigenvalue weighted by molar-refractivity contribution is 6.50. The van der Waals surface area contributed by atoms with Crippen molar-refractivity contribution in [3.8, 4) is 0 Å². The summed E-state index contributed by atoms with van der Waals surface area (Å²) in [6.07, 6.45) is 0.849. The summed E-state index contributed by atoms with van der Waals surface area (Å²) in [5.74, 6) is -1.68. The molecular formula is C23H18ClNO3. The second-order valence-electron chi connectivity index (χ2n) is 6.22. The molecule has 0 radical (unpaired) electrons.